The average Bonchev–Trinajstić information content (AvgIpc) is 3.87. The molecular weight excluding hydrogens is 904 g/mol. The number of nitrogens with zero attached hydrogens (tertiary/aromatic N) is 2. The van der Waals surface area contributed by atoms with E-state index in [2.05, 4.69) is 37.7 Å². The minimum atomic E-state index is -0.494. The normalized spacial score (nSPS) is 15.1. The maximum atomic E-state index is 14.4. The topological polar surface area (TPSA) is 109 Å². The van der Waals surface area contributed by atoms with E-state index < -0.39 is 11.9 Å². The Kier molecular flexibility index (Phi) is 13.4. The van der Waals surface area contributed by atoms with Crippen LogP contribution in [0.25, 0.3) is 44.8 Å². The molecule has 2 aliphatic heterocycles. The van der Waals surface area contributed by atoms with Crippen LogP contribution in [0.1, 0.15) is 109 Å². The summed E-state index contributed by atoms with van der Waals surface area (Å²) >= 11 is 0. The number of aromatic amines is 2. The molecule has 0 atom stereocenters. The molecule has 2 N–H and O–H groups in total. The summed E-state index contributed by atoms with van der Waals surface area (Å²) in [6.07, 6.45) is 5.83. The first kappa shape index (κ1) is 45.7. The second-order valence-corrected chi connectivity index (χ2v) is 15.8. The molecule has 8 nitrogen and oxygen atoms in total. The molecule has 0 bridgehead atoms. The number of halogens is 2. The molecule has 0 radical (unpaired) electrons. The highest BCUT2D eigenvalue weighted by Crippen LogP contribution is 2.46. The summed E-state index contributed by atoms with van der Waals surface area (Å²) in [6, 6.07) is 23.5. The van der Waals surface area contributed by atoms with E-state index in [1.807, 2.05) is 126 Å². The Bertz CT molecular complexity index is 2820. The lowest BCUT2D eigenvalue weighted by atomic mass is 9.92. The van der Waals surface area contributed by atoms with Gasteiger partial charge >= 0.3 is 11.9 Å². The first-order valence-corrected chi connectivity index (χ1v) is 20.6. The van der Waals surface area contributed by atoms with Crippen LogP contribution < -0.4 is 9.47 Å². The van der Waals surface area contributed by atoms with E-state index in [4.69, 9.17) is 19.5 Å². The van der Waals surface area contributed by atoms with Crippen LogP contribution in [0.5, 0.6) is 11.5 Å². The molecule has 62 heavy (non-hydrogen) atoms. The minimum absolute atomic E-state index is 0. The number of aryl methyl sites for hydroxylation is 2. The predicted octanol–water partition coefficient (Wildman–Crippen LogP) is 14.2. The molecule has 0 saturated carbocycles. The van der Waals surface area contributed by atoms with E-state index in [0.29, 0.717) is 45.1 Å². The minimum Gasteiger partial charge on any atom is -0.422 e. The largest absolute Gasteiger partial charge is 0.422 e. The summed E-state index contributed by atoms with van der Waals surface area (Å²) in [7, 11) is 0. The van der Waals surface area contributed by atoms with Gasteiger partial charge in [0, 0.05) is 45.3 Å². The summed E-state index contributed by atoms with van der Waals surface area (Å²) in [5.74, 6) is -0.293. The third kappa shape index (κ3) is 8.02. The second-order valence-electron chi connectivity index (χ2n) is 15.8. The van der Waals surface area contributed by atoms with Gasteiger partial charge in [-0.1, -0.05) is 74.5 Å². The van der Waals surface area contributed by atoms with Crippen LogP contribution >= 0.6 is 34.0 Å². The van der Waals surface area contributed by atoms with Gasteiger partial charge < -0.3 is 19.4 Å². The van der Waals surface area contributed by atoms with E-state index in [-0.39, 0.29) is 34.0 Å². The molecule has 0 amide bonds. The van der Waals surface area contributed by atoms with Crippen molar-refractivity contribution in [3.63, 3.8) is 0 Å². The number of carbonyl (C=O) groups is 2. The van der Waals surface area contributed by atoms with Gasteiger partial charge in [0.15, 0.2) is 0 Å². The van der Waals surface area contributed by atoms with Gasteiger partial charge in [0.2, 0.25) is 0 Å². The molecule has 0 fully saturated rings. The molecule has 0 spiro atoms. The number of esters is 2. The lowest BCUT2D eigenvalue weighted by molar-refractivity contribution is 0.0722. The number of nitrogens with one attached hydrogen (secondary N) is 2. The van der Waals surface area contributed by atoms with Gasteiger partial charge in [-0.15, -0.1) is 34.0 Å². The first-order valence-electron chi connectivity index (χ1n) is 20.6. The molecule has 4 aromatic carbocycles. The lowest BCUT2D eigenvalue weighted by Gasteiger charge is -2.19. The molecule has 0 unspecified atom stereocenters. The van der Waals surface area contributed by atoms with E-state index in [1.54, 1.807) is 0 Å². The monoisotopic (exact) mass is 954 g/mol. The fourth-order valence-electron chi connectivity index (χ4n) is 9.05. The molecule has 8 rings (SSSR count). The van der Waals surface area contributed by atoms with Crippen molar-refractivity contribution < 1.29 is 19.1 Å². The van der Waals surface area contributed by atoms with Crippen molar-refractivity contribution in [2.24, 2.45) is 9.98 Å². The molecule has 0 aliphatic carbocycles. The number of benzene rings is 4. The molecule has 4 heterocycles. The van der Waals surface area contributed by atoms with E-state index in [0.717, 1.165) is 90.9 Å². The third-order valence-corrected chi connectivity index (χ3v) is 12.2. The van der Waals surface area contributed by atoms with Crippen molar-refractivity contribution >= 4 is 91.0 Å². The number of allylic oxidation sites excluding steroid dienone is 4. The van der Waals surface area contributed by atoms with Gasteiger partial charge in [0.05, 0.1) is 22.5 Å². The second kappa shape index (κ2) is 18.2. The first-order chi connectivity index (χ1) is 28.8. The zero-order valence-electron chi connectivity index (χ0n) is 36.8. The zero-order valence-corrected chi connectivity index (χ0v) is 40.3. The van der Waals surface area contributed by atoms with Gasteiger partial charge in [0.25, 0.3) is 0 Å². The number of fused-ring (bicyclic) bond motifs is 2. The summed E-state index contributed by atoms with van der Waals surface area (Å²) in [5, 5.41) is 3.58. The van der Waals surface area contributed by atoms with Crippen LogP contribution in [0.15, 0.2) is 116 Å². The molecule has 2 aliphatic rings. The number of hydrogen-bond donors (Lipinski definition) is 2. The number of ether oxygens (including phenoxy) is 2. The van der Waals surface area contributed by atoms with Gasteiger partial charge in [-0.3, -0.25) is 9.98 Å². The Balaban J connectivity index is 0.00000321. The maximum Gasteiger partial charge on any atom is 0.345 e. The molecule has 318 valence electrons. The quantitative estimate of drug-likeness (QED) is 0.111. The van der Waals surface area contributed by atoms with E-state index in [9.17, 15) is 9.59 Å². The number of H-pyrrole nitrogens is 2. The fourth-order valence-corrected chi connectivity index (χ4v) is 9.05. The number of rotatable bonds is 9. The Hall–Kier alpha value is -5.84. The average molecular weight is 957 g/mol. The molecular formula is C52H52Br2N4O4. The van der Waals surface area contributed by atoms with Crippen molar-refractivity contribution in [1.82, 2.24) is 9.97 Å². The Morgan fingerprint density at radius 3 is 1.27 bits per heavy atom. The van der Waals surface area contributed by atoms with Crippen molar-refractivity contribution in [2.45, 2.75) is 82.1 Å². The van der Waals surface area contributed by atoms with E-state index in [1.165, 1.54) is 11.1 Å². The smallest absolute Gasteiger partial charge is 0.345 e. The van der Waals surface area contributed by atoms with E-state index >= 15 is 0 Å². The summed E-state index contributed by atoms with van der Waals surface area (Å²) < 4.78 is 12.9. The standard InChI is InChI=1S/C52H50N4O4.2BrH/c1-11-37-27(3)41(53-31(37)7)25-43-29(5)47(33(9)55-43)51(57)59-45-23-21-35-17-13-15-19-39(35)49(45)50-40-20-16-14-18-36(40)22-24-46(50)60-52(58)48-30(6)44(56-34(48)10)26-42-28(4)38(12-2)32(8)54-42;;/h13-26,55-56H,11-12H2,1-10H3;2*1H/b41-25-,42-26-;;. The number of aliphatic imine (C=N–C) groups is 2. The third-order valence-electron chi connectivity index (χ3n) is 12.2. The van der Waals surface area contributed by atoms with Crippen LogP contribution in [0.2, 0.25) is 0 Å². The highest BCUT2D eigenvalue weighted by atomic mass is 79.9. The van der Waals surface area contributed by atoms with Crippen molar-refractivity contribution in [2.75, 3.05) is 0 Å². The maximum absolute atomic E-state index is 14.4. The number of aromatic nitrogens is 2. The van der Waals surface area contributed by atoms with Gasteiger partial charge in [-0.2, -0.15) is 0 Å². The Morgan fingerprint density at radius 1 is 0.548 bits per heavy atom. The highest BCUT2D eigenvalue weighted by molar-refractivity contribution is 8.93. The highest BCUT2D eigenvalue weighted by Gasteiger charge is 2.28. The van der Waals surface area contributed by atoms with Gasteiger partial charge in [0.1, 0.15) is 11.5 Å². The zero-order chi connectivity index (χ0) is 42.6. The summed E-state index contributed by atoms with van der Waals surface area (Å²) in [4.78, 5) is 45.3. The Morgan fingerprint density at radius 2 is 0.919 bits per heavy atom. The number of carbonyl (C=O) groups excluding carboxylic acids is 2. The van der Waals surface area contributed by atoms with Crippen LogP contribution in [-0.4, -0.2) is 33.3 Å². The Labute approximate surface area is 384 Å². The van der Waals surface area contributed by atoms with Crippen LogP contribution in [0.4, 0.5) is 0 Å². The van der Waals surface area contributed by atoms with Crippen LogP contribution in [0, 0.1) is 27.7 Å². The van der Waals surface area contributed by atoms with Crippen molar-refractivity contribution in [3.05, 3.63) is 152 Å². The van der Waals surface area contributed by atoms with Gasteiger partial charge in [-0.05, 0) is 147 Å². The molecule has 6 aromatic rings. The van der Waals surface area contributed by atoms with Crippen molar-refractivity contribution in [3.8, 4) is 22.6 Å². The summed E-state index contributed by atoms with van der Waals surface area (Å²) in [5.41, 5.74) is 15.4. The van der Waals surface area contributed by atoms with Crippen LogP contribution in [0.3, 0.4) is 0 Å². The lowest BCUT2D eigenvalue weighted by Crippen LogP contribution is -2.13. The molecule has 0 saturated heterocycles. The van der Waals surface area contributed by atoms with Crippen molar-refractivity contribution in [1.29, 1.82) is 0 Å². The number of hydrogen-bond acceptors (Lipinski definition) is 6. The molecule has 10 heteroatoms. The van der Waals surface area contributed by atoms with Gasteiger partial charge in [-0.25, -0.2) is 9.59 Å². The summed E-state index contributed by atoms with van der Waals surface area (Å²) in [6.45, 7) is 20.1. The van der Waals surface area contributed by atoms with Crippen LogP contribution in [-0.2, 0) is 0 Å². The SMILES string of the molecule is Br.Br.CCC1=C(C)/C(=C/c2[nH]c(C)c(C(=O)Oc3ccc4ccccc4c3-c3c(OC(=O)c4c(C)[nH]c(/C=C5\N=C(C)C(CC)=C5C)c4C)ccc4ccccc34)c2C)N=C1C. The predicted molar refractivity (Wildman–Crippen MR) is 266 cm³/mol. The molecule has 2 aromatic heterocycles. The fraction of sp³-hybridized carbons (Fsp3) is 0.231.